The van der Waals surface area contributed by atoms with Crippen LogP contribution in [0, 0.1) is 5.41 Å². The zero-order chi connectivity index (χ0) is 11.7. The Hall–Kier alpha value is -0.0800. The monoisotopic (exact) mass is 212 g/mol. The Balaban J connectivity index is 2.64. The van der Waals surface area contributed by atoms with Gasteiger partial charge < -0.3 is 5.32 Å². The molecule has 0 saturated carbocycles. The van der Waals surface area contributed by atoms with Crippen molar-refractivity contribution in [3.8, 4) is 0 Å². The van der Waals surface area contributed by atoms with Gasteiger partial charge >= 0.3 is 0 Å². The van der Waals surface area contributed by atoms with Crippen molar-refractivity contribution in [3.63, 3.8) is 0 Å². The highest BCUT2D eigenvalue weighted by molar-refractivity contribution is 4.92. The van der Waals surface area contributed by atoms with Crippen LogP contribution in [0.2, 0.25) is 0 Å². The average Bonchev–Trinajstić information content (AvgIpc) is 2.17. The van der Waals surface area contributed by atoms with E-state index in [1.54, 1.807) is 0 Å². The van der Waals surface area contributed by atoms with Gasteiger partial charge in [-0.25, -0.2) is 0 Å². The maximum absolute atomic E-state index is 3.64. The quantitative estimate of drug-likeness (QED) is 0.756. The SMILES string of the molecule is CCC(C)(C)N1CCNC(C(C)(C)C)C1. The second kappa shape index (κ2) is 4.42. The van der Waals surface area contributed by atoms with E-state index in [4.69, 9.17) is 0 Å². The first-order valence-corrected chi connectivity index (χ1v) is 6.26. The molecule has 90 valence electrons. The van der Waals surface area contributed by atoms with Crippen LogP contribution in [0.4, 0.5) is 0 Å². The molecule has 2 heteroatoms. The highest BCUT2D eigenvalue weighted by Gasteiger charge is 2.34. The van der Waals surface area contributed by atoms with Gasteiger partial charge in [-0.3, -0.25) is 4.90 Å². The first-order valence-electron chi connectivity index (χ1n) is 6.26. The van der Waals surface area contributed by atoms with Gasteiger partial charge in [0.15, 0.2) is 0 Å². The van der Waals surface area contributed by atoms with Gasteiger partial charge in [0.2, 0.25) is 0 Å². The Labute approximate surface area is 95.4 Å². The minimum absolute atomic E-state index is 0.353. The van der Waals surface area contributed by atoms with Gasteiger partial charge in [0.1, 0.15) is 0 Å². The third-order valence-electron chi connectivity index (χ3n) is 3.94. The van der Waals surface area contributed by atoms with Crippen molar-refractivity contribution in [2.24, 2.45) is 5.41 Å². The third kappa shape index (κ3) is 3.18. The molecular formula is C13H28N2. The number of hydrogen-bond donors (Lipinski definition) is 1. The molecule has 0 aromatic heterocycles. The van der Waals surface area contributed by atoms with Crippen molar-refractivity contribution in [2.75, 3.05) is 19.6 Å². The molecule has 1 aliphatic heterocycles. The van der Waals surface area contributed by atoms with Crippen LogP contribution in [0.25, 0.3) is 0 Å². The van der Waals surface area contributed by atoms with E-state index in [0.29, 0.717) is 17.0 Å². The molecule has 0 amide bonds. The van der Waals surface area contributed by atoms with E-state index in [1.807, 2.05) is 0 Å². The molecule has 1 atom stereocenters. The van der Waals surface area contributed by atoms with Crippen molar-refractivity contribution in [3.05, 3.63) is 0 Å². The van der Waals surface area contributed by atoms with E-state index in [9.17, 15) is 0 Å². The lowest BCUT2D eigenvalue weighted by Gasteiger charge is -2.47. The van der Waals surface area contributed by atoms with Crippen LogP contribution >= 0.6 is 0 Å². The Morgan fingerprint density at radius 2 is 1.80 bits per heavy atom. The summed E-state index contributed by atoms with van der Waals surface area (Å²) in [6.45, 7) is 17.5. The number of nitrogens with one attached hydrogen (secondary N) is 1. The van der Waals surface area contributed by atoms with Crippen molar-refractivity contribution >= 4 is 0 Å². The molecular weight excluding hydrogens is 184 g/mol. The summed E-state index contributed by atoms with van der Waals surface area (Å²) in [6.07, 6.45) is 1.23. The molecule has 1 heterocycles. The molecule has 15 heavy (non-hydrogen) atoms. The topological polar surface area (TPSA) is 15.3 Å². The average molecular weight is 212 g/mol. The van der Waals surface area contributed by atoms with Crippen LogP contribution < -0.4 is 5.32 Å². The number of piperazine rings is 1. The minimum atomic E-state index is 0.353. The summed E-state index contributed by atoms with van der Waals surface area (Å²) in [7, 11) is 0. The summed E-state index contributed by atoms with van der Waals surface area (Å²) in [4.78, 5) is 2.64. The molecule has 1 aliphatic rings. The van der Waals surface area contributed by atoms with E-state index in [2.05, 4.69) is 51.8 Å². The fourth-order valence-corrected chi connectivity index (χ4v) is 2.10. The summed E-state index contributed by atoms with van der Waals surface area (Å²) < 4.78 is 0. The molecule has 0 radical (unpaired) electrons. The van der Waals surface area contributed by atoms with Crippen molar-refractivity contribution < 1.29 is 0 Å². The van der Waals surface area contributed by atoms with Crippen LogP contribution in [0.15, 0.2) is 0 Å². The van der Waals surface area contributed by atoms with Gasteiger partial charge in [-0.2, -0.15) is 0 Å². The van der Waals surface area contributed by atoms with Gasteiger partial charge in [-0.15, -0.1) is 0 Å². The van der Waals surface area contributed by atoms with Crippen LogP contribution in [0.1, 0.15) is 48.0 Å². The van der Waals surface area contributed by atoms with Gasteiger partial charge in [-0.05, 0) is 25.7 Å². The number of rotatable bonds is 2. The van der Waals surface area contributed by atoms with E-state index >= 15 is 0 Å². The van der Waals surface area contributed by atoms with Gasteiger partial charge in [0.05, 0.1) is 0 Å². The molecule has 1 N–H and O–H groups in total. The molecule has 1 fully saturated rings. The highest BCUT2D eigenvalue weighted by Crippen LogP contribution is 2.26. The van der Waals surface area contributed by atoms with Crippen molar-refractivity contribution in [2.45, 2.75) is 59.5 Å². The second-order valence-corrected chi connectivity index (χ2v) is 6.48. The largest absolute Gasteiger partial charge is 0.311 e. The molecule has 2 nitrogen and oxygen atoms in total. The fourth-order valence-electron chi connectivity index (χ4n) is 2.10. The van der Waals surface area contributed by atoms with Crippen LogP contribution in [-0.2, 0) is 0 Å². The van der Waals surface area contributed by atoms with Gasteiger partial charge in [0, 0.05) is 31.2 Å². The zero-order valence-electron chi connectivity index (χ0n) is 11.4. The first kappa shape index (κ1) is 13.0. The lowest BCUT2D eigenvalue weighted by atomic mass is 9.84. The molecule has 1 rings (SSSR count). The molecule has 1 saturated heterocycles. The lowest BCUT2D eigenvalue weighted by molar-refractivity contribution is 0.0511. The number of nitrogens with zero attached hydrogens (tertiary/aromatic N) is 1. The zero-order valence-corrected chi connectivity index (χ0v) is 11.4. The van der Waals surface area contributed by atoms with E-state index < -0.39 is 0 Å². The maximum Gasteiger partial charge on any atom is 0.0244 e. The highest BCUT2D eigenvalue weighted by atomic mass is 15.2. The van der Waals surface area contributed by atoms with Crippen LogP contribution in [0.5, 0.6) is 0 Å². The summed E-state index contributed by atoms with van der Waals surface area (Å²) >= 11 is 0. The summed E-state index contributed by atoms with van der Waals surface area (Å²) in [5.74, 6) is 0. The Kier molecular flexibility index (Phi) is 3.83. The molecule has 0 aliphatic carbocycles. The summed E-state index contributed by atoms with van der Waals surface area (Å²) in [6, 6.07) is 0.622. The Morgan fingerprint density at radius 3 is 2.27 bits per heavy atom. The predicted molar refractivity (Wildman–Crippen MR) is 67.2 cm³/mol. The first-order chi connectivity index (χ1) is 6.77. The lowest BCUT2D eigenvalue weighted by Crippen LogP contribution is -2.60. The predicted octanol–water partition coefficient (Wildman–Crippen LogP) is 2.49. The third-order valence-corrected chi connectivity index (χ3v) is 3.94. The maximum atomic E-state index is 3.64. The smallest absolute Gasteiger partial charge is 0.0244 e. The van der Waals surface area contributed by atoms with Crippen LogP contribution in [-0.4, -0.2) is 36.1 Å². The van der Waals surface area contributed by atoms with Crippen molar-refractivity contribution in [1.82, 2.24) is 10.2 Å². The van der Waals surface area contributed by atoms with E-state index in [0.717, 1.165) is 6.54 Å². The molecule has 0 aromatic rings. The summed E-state index contributed by atoms with van der Waals surface area (Å²) in [5, 5.41) is 3.64. The molecule has 1 unspecified atom stereocenters. The molecule has 0 aromatic carbocycles. The van der Waals surface area contributed by atoms with Gasteiger partial charge in [-0.1, -0.05) is 27.7 Å². The minimum Gasteiger partial charge on any atom is -0.311 e. The Morgan fingerprint density at radius 1 is 1.20 bits per heavy atom. The standard InChI is InChI=1S/C13H28N2/c1-7-13(5,6)15-9-8-14-11(10-15)12(2,3)4/h11,14H,7-10H2,1-6H3. The molecule has 0 bridgehead atoms. The summed E-state index contributed by atoms with van der Waals surface area (Å²) in [5.41, 5.74) is 0.716. The van der Waals surface area contributed by atoms with Gasteiger partial charge in [0.25, 0.3) is 0 Å². The number of hydrogen-bond acceptors (Lipinski definition) is 2. The second-order valence-electron chi connectivity index (χ2n) is 6.48. The molecule has 0 spiro atoms. The van der Waals surface area contributed by atoms with Crippen molar-refractivity contribution in [1.29, 1.82) is 0 Å². The normalized spacial score (nSPS) is 25.6. The van der Waals surface area contributed by atoms with E-state index in [-0.39, 0.29) is 0 Å². The van der Waals surface area contributed by atoms with E-state index in [1.165, 1.54) is 19.5 Å². The van der Waals surface area contributed by atoms with Crippen LogP contribution in [0.3, 0.4) is 0 Å². The fraction of sp³-hybridized carbons (Fsp3) is 1.00. The Bertz CT molecular complexity index is 203.